The summed E-state index contributed by atoms with van der Waals surface area (Å²) >= 11 is 0. The number of nitrogens with zero attached hydrogens (tertiary/aromatic N) is 3. The number of piperazine rings is 1. The van der Waals surface area contributed by atoms with Gasteiger partial charge < -0.3 is 10.6 Å². The lowest BCUT2D eigenvalue weighted by molar-refractivity contribution is -0.134. The van der Waals surface area contributed by atoms with Crippen LogP contribution in [0.1, 0.15) is 12.1 Å². The molecule has 0 radical (unpaired) electrons. The van der Waals surface area contributed by atoms with Gasteiger partial charge in [0.05, 0.1) is 0 Å². The van der Waals surface area contributed by atoms with Crippen LogP contribution >= 0.6 is 24.8 Å². The molecule has 0 bridgehead atoms. The summed E-state index contributed by atoms with van der Waals surface area (Å²) in [6.45, 7) is 5.55. The van der Waals surface area contributed by atoms with Gasteiger partial charge in [0.15, 0.2) is 0 Å². The van der Waals surface area contributed by atoms with Gasteiger partial charge in [-0.05, 0) is 12.5 Å². The van der Waals surface area contributed by atoms with E-state index in [1.54, 1.807) is 0 Å². The van der Waals surface area contributed by atoms with E-state index in [-0.39, 0.29) is 31.2 Å². The zero-order valence-electron chi connectivity index (χ0n) is 12.6. The maximum absolute atomic E-state index is 12.2. The second-order valence-corrected chi connectivity index (χ2v) is 5.01. The molecule has 2 heterocycles. The average molecular weight is 376 g/mol. The smallest absolute Gasteiger partial charge is 0.353 e. The lowest BCUT2D eigenvalue weighted by atomic mass is 10.2. The molecule has 0 aliphatic carbocycles. The van der Waals surface area contributed by atoms with E-state index in [1.807, 2.05) is 0 Å². The van der Waals surface area contributed by atoms with Crippen molar-refractivity contribution in [1.29, 1.82) is 0 Å². The summed E-state index contributed by atoms with van der Waals surface area (Å²) in [7, 11) is 0. The summed E-state index contributed by atoms with van der Waals surface area (Å²) < 4.78 is 36.5. The number of aryl methyl sites for hydroxylation is 1. The van der Waals surface area contributed by atoms with Crippen LogP contribution in [0.15, 0.2) is 12.3 Å². The van der Waals surface area contributed by atoms with E-state index in [0.29, 0.717) is 18.2 Å². The molecule has 1 aliphatic heterocycles. The highest BCUT2D eigenvalue weighted by atomic mass is 35.5. The quantitative estimate of drug-likeness (QED) is 0.797. The Bertz CT molecular complexity index is 442. The second kappa shape index (κ2) is 10.9. The standard InChI is InChI=1S/C13H20F3N5.2ClH/c14-13(15,16)3-1-11-2-4-18-12(20-11)19-7-10-21-8-5-17-6-9-21;;/h2,4,17H,1,3,5-10H2,(H,18,19,20);2*1H. The predicted octanol–water partition coefficient (Wildman–Crippen LogP) is 2.13. The minimum Gasteiger partial charge on any atom is -0.353 e. The van der Waals surface area contributed by atoms with E-state index < -0.39 is 12.6 Å². The van der Waals surface area contributed by atoms with Gasteiger partial charge in [-0.15, -0.1) is 24.8 Å². The lowest BCUT2D eigenvalue weighted by Crippen LogP contribution is -2.45. The Morgan fingerprint density at radius 2 is 1.91 bits per heavy atom. The molecule has 0 spiro atoms. The van der Waals surface area contributed by atoms with Crippen molar-refractivity contribution < 1.29 is 13.2 Å². The van der Waals surface area contributed by atoms with E-state index in [2.05, 4.69) is 25.5 Å². The SMILES string of the molecule is Cl.Cl.FC(F)(F)CCc1ccnc(NCCN2CCNCC2)n1. The highest BCUT2D eigenvalue weighted by molar-refractivity contribution is 5.85. The Morgan fingerprint density at radius 1 is 1.22 bits per heavy atom. The van der Waals surface area contributed by atoms with Gasteiger partial charge in [0.25, 0.3) is 0 Å². The molecule has 0 atom stereocenters. The van der Waals surface area contributed by atoms with Gasteiger partial charge >= 0.3 is 6.18 Å². The molecule has 0 amide bonds. The minimum absolute atomic E-state index is 0. The van der Waals surface area contributed by atoms with E-state index in [0.717, 1.165) is 32.7 Å². The molecule has 2 rings (SSSR count). The molecule has 5 nitrogen and oxygen atoms in total. The largest absolute Gasteiger partial charge is 0.389 e. The third kappa shape index (κ3) is 9.14. The third-order valence-corrected chi connectivity index (χ3v) is 3.30. The van der Waals surface area contributed by atoms with Crippen LogP contribution in [0.5, 0.6) is 0 Å². The fourth-order valence-electron chi connectivity index (χ4n) is 2.15. The van der Waals surface area contributed by atoms with E-state index >= 15 is 0 Å². The predicted molar refractivity (Wildman–Crippen MR) is 88.7 cm³/mol. The normalized spacial score (nSPS) is 15.4. The van der Waals surface area contributed by atoms with Crippen LogP contribution in [0.4, 0.5) is 19.1 Å². The molecule has 0 unspecified atom stereocenters. The molecule has 1 aromatic heterocycles. The van der Waals surface area contributed by atoms with Crippen molar-refractivity contribution in [3.05, 3.63) is 18.0 Å². The topological polar surface area (TPSA) is 53.1 Å². The van der Waals surface area contributed by atoms with Crippen molar-refractivity contribution >= 4 is 30.8 Å². The maximum atomic E-state index is 12.2. The lowest BCUT2D eigenvalue weighted by Gasteiger charge is -2.27. The summed E-state index contributed by atoms with van der Waals surface area (Å²) in [4.78, 5) is 10.5. The summed E-state index contributed by atoms with van der Waals surface area (Å²) in [5.41, 5.74) is 0.409. The van der Waals surface area contributed by atoms with Gasteiger partial charge in [0.2, 0.25) is 5.95 Å². The number of anilines is 1. The molecule has 1 aliphatic rings. The Hall–Kier alpha value is -0.830. The number of rotatable bonds is 6. The average Bonchev–Trinajstić information content (AvgIpc) is 2.46. The van der Waals surface area contributed by atoms with Gasteiger partial charge in [-0.3, -0.25) is 4.90 Å². The number of aromatic nitrogens is 2. The summed E-state index contributed by atoms with van der Waals surface area (Å²) in [6, 6.07) is 1.52. The molecule has 1 saturated heterocycles. The fourth-order valence-corrected chi connectivity index (χ4v) is 2.15. The highest BCUT2D eigenvalue weighted by Crippen LogP contribution is 2.21. The maximum Gasteiger partial charge on any atom is 0.389 e. The van der Waals surface area contributed by atoms with Crippen LogP contribution in [-0.2, 0) is 6.42 Å². The molecular weight excluding hydrogens is 354 g/mol. The first-order chi connectivity index (χ1) is 10.0. The zero-order chi connectivity index (χ0) is 15.1. The molecular formula is C13H22Cl2F3N5. The van der Waals surface area contributed by atoms with E-state index in [1.165, 1.54) is 12.3 Å². The van der Waals surface area contributed by atoms with Crippen LogP contribution in [0.25, 0.3) is 0 Å². The first-order valence-corrected chi connectivity index (χ1v) is 7.08. The molecule has 134 valence electrons. The molecule has 1 aromatic rings. The highest BCUT2D eigenvalue weighted by Gasteiger charge is 2.26. The van der Waals surface area contributed by atoms with E-state index in [4.69, 9.17) is 0 Å². The van der Waals surface area contributed by atoms with Crippen molar-refractivity contribution in [2.75, 3.05) is 44.6 Å². The number of halogens is 5. The number of alkyl halides is 3. The van der Waals surface area contributed by atoms with Crippen molar-refractivity contribution in [2.45, 2.75) is 19.0 Å². The second-order valence-electron chi connectivity index (χ2n) is 5.01. The fraction of sp³-hybridized carbons (Fsp3) is 0.692. The molecule has 10 heteroatoms. The van der Waals surface area contributed by atoms with Crippen molar-refractivity contribution in [2.24, 2.45) is 0 Å². The van der Waals surface area contributed by atoms with Crippen molar-refractivity contribution in [3.63, 3.8) is 0 Å². The molecule has 0 aromatic carbocycles. The van der Waals surface area contributed by atoms with Crippen LogP contribution < -0.4 is 10.6 Å². The van der Waals surface area contributed by atoms with Gasteiger partial charge in [-0.2, -0.15) is 13.2 Å². The summed E-state index contributed by atoms with van der Waals surface area (Å²) in [6.07, 6.45) is -3.63. The molecule has 2 N–H and O–H groups in total. The molecule has 0 saturated carbocycles. The number of nitrogens with one attached hydrogen (secondary N) is 2. The first kappa shape index (κ1) is 22.2. The van der Waals surface area contributed by atoms with Crippen molar-refractivity contribution in [1.82, 2.24) is 20.2 Å². The first-order valence-electron chi connectivity index (χ1n) is 7.08. The summed E-state index contributed by atoms with van der Waals surface area (Å²) in [5.74, 6) is 0.393. The number of hydrogen-bond acceptors (Lipinski definition) is 5. The van der Waals surface area contributed by atoms with Gasteiger partial charge in [0, 0.05) is 57.6 Å². The van der Waals surface area contributed by atoms with Gasteiger partial charge in [-0.25, -0.2) is 9.97 Å². The van der Waals surface area contributed by atoms with Crippen molar-refractivity contribution in [3.8, 4) is 0 Å². The monoisotopic (exact) mass is 375 g/mol. The van der Waals surface area contributed by atoms with Crippen LogP contribution in [0.3, 0.4) is 0 Å². The zero-order valence-corrected chi connectivity index (χ0v) is 14.2. The third-order valence-electron chi connectivity index (χ3n) is 3.30. The van der Waals surface area contributed by atoms with Gasteiger partial charge in [-0.1, -0.05) is 0 Å². The van der Waals surface area contributed by atoms with Crippen LogP contribution in [-0.4, -0.2) is 60.3 Å². The Kier molecular flexibility index (Phi) is 10.5. The minimum atomic E-state index is -4.15. The molecule has 1 fully saturated rings. The Morgan fingerprint density at radius 3 is 2.57 bits per heavy atom. The molecule has 23 heavy (non-hydrogen) atoms. The van der Waals surface area contributed by atoms with E-state index in [9.17, 15) is 13.2 Å². The van der Waals surface area contributed by atoms with Crippen LogP contribution in [0, 0.1) is 0 Å². The number of hydrogen-bond donors (Lipinski definition) is 2. The van der Waals surface area contributed by atoms with Crippen LogP contribution in [0.2, 0.25) is 0 Å². The Balaban J connectivity index is 0.00000242. The Labute approximate surface area is 146 Å². The summed E-state index contributed by atoms with van der Waals surface area (Å²) in [5, 5.41) is 6.34. The van der Waals surface area contributed by atoms with Gasteiger partial charge in [0.1, 0.15) is 0 Å².